The number of nitrogens with two attached hydrogens (primary N) is 5. The molecule has 20 N–H and O–H groups in total. The molecule has 0 spiro atoms. The van der Waals surface area contributed by atoms with Crippen molar-refractivity contribution in [2.24, 2.45) is 33.7 Å². The number of ether oxygens (including phenoxy) is 2. The quantitative estimate of drug-likeness (QED) is 0.0360. The molecule has 12 atom stereocenters. The average molecular weight is 761 g/mol. The van der Waals surface area contributed by atoms with E-state index in [4.69, 9.17) is 38.1 Å². The molecular weight excluding hydrogens is 700 g/mol. The first-order valence-electron chi connectivity index (χ1n) is 18.1. The Kier molecular flexibility index (Phi) is 18.3. The van der Waals surface area contributed by atoms with E-state index in [1.54, 1.807) is 0 Å². The number of carbonyl (C=O) groups is 4. The third-order valence-electron chi connectivity index (χ3n) is 9.24. The number of primary amides is 1. The highest BCUT2D eigenvalue weighted by Crippen LogP contribution is 2.24. The molecular formula is C31H60N12O10. The minimum atomic E-state index is -1.62. The normalized spacial score (nSPS) is 29.0. The molecule has 4 amide bonds. The maximum Gasteiger partial charge on any atom is 0.404 e. The van der Waals surface area contributed by atoms with Crippen LogP contribution in [-0.4, -0.2) is 156 Å². The van der Waals surface area contributed by atoms with E-state index in [-0.39, 0.29) is 43.3 Å². The number of aliphatic hydroxyl groups excluding tert-OH is 4. The molecule has 2 fully saturated rings. The fourth-order valence-corrected chi connectivity index (χ4v) is 6.43. The lowest BCUT2D eigenvalue weighted by molar-refractivity contribution is -0.198. The van der Waals surface area contributed by atoms with E-state index in [9.17, 15) is 39.6 Å². The minimum Gasteiger partial charge on any atom is -0.441 e. The molecule has 0 aromatic heterocycles. The lowest BCUT2D eigenvalue weighted by atomic mass is 9.95. The first kappa shape index (κ1) is 44.0. The van der Waals surface area contributed by atoms with Crippen molar-refractivity contribution in [2.45, 2.75) is 131 Å². The zero-order valence-electron chi connectivity index (χ0n) is 29.9. The number of rotatable bonds is 22. The number of amides is 4. The van der Waals surface area contributed by atoms with E-state index in [2.05, 4.69) is 36.9 Å². The average Bonchev–Trinajstić information content (AvgIpc) is 3.53. The van der Waals surface area contributed by atoms with Gasteiger partial charge in [-0.1, -0.05) is 0 Å². The Hall–Kier alpha value is -3.45. The largest absolute Gasteiger partial charge is 0.441 e. The van der Waals surface area contributed by atoms with Gasteiger partial charge >= 0.3 is 6.09 Å². The molecule has 1 unspecified atom stereocenters. The highest BCUT2D eigenvalue weighted by Gasteiger charge is 2.49. The summed E-state index contributed by atoms with van der Waals surface area (Å²) in [6, 6.07) is -4.10. The number of piperidine rings is 1. The third kappa shape index (κ3) is 14.4. The van der Waals surface area contributed by atoms with Crippen molar-refractivity contribution >= 4 is 29.8 Å². The highest BCUT2D eigenvalue weighted by molar-refractivity contribution is 5.92. The van der Waals surface area contributed by atoms with Crippen molar-refractivity contribution in [1.29, 1.82) is 0 Å². The van der Waals surface area contributed by atoms with Gasteiger partial charge < -0.3 is 85.2 Å². The fourth-order valence-electron chi connectivity index (χ4n) is 6.43. The number of aliphatic imine (C=N–C) groups is 1. The molecule has 3 rings (SSSR count). The lowest BCUT2D eigenvalue weighted by Gasteiger charge is -2.44. The molecule has 304 valence electrons. The number of β-amino-alcohol motifs (C(OH)–C–C–N with tert-alkyl or cyclic N) is 1. The van der Waals surface area contributed by atoms with Crippen molar-refractivity contribution in [3.05, 3.63) is 0 Å². The van der Waals surface area contributed by atoms with E-state index in [0.717, 1.165) is 12.8 Å². The van der Waals surface area contributed by atoms with Gasteiger partial charge in [0.25, 0.3) is 0 Å². The smallest absolute Gasteiger partial charge is 0.404 e. The maximum absolute atomic E-state index is 13.1. The number of nitrogens with one attached hydrogen (secondary N) is 6. The second-order valence-corrected chi connectivity index (χ2v) is 13.8. The third-order valence-corrected chi connectivity index (χ3v) is 9.24. The molecule has 0 aromatic carbocycles. The summed E-state index contributed by atoms with van der Waals surface area (Å²) >= 11 is 0. The van der Waals surface area contributed by atoms with Crippen LogP contribution >= 0.6 is 0 Å². The van der Waals surface area contributed by atoms with Gasteiger partial charge in [0.2, 0.25) is 17.7 Å². The Morgan fingerprint density at radius 1 is 1.00 bits per heavy atom. The summed E-state index contributed by atoms with van der Waals surface area (Å²) in [6.45, 7) is 0.716. The summed E-state index contributed by atoms with van der Waals surface area (Å²) in [6.07, 6.45) is -4.53. The second-order valence-electron chi connectivity index (χ2n) is 13.8. The topological polar surface area (TPSA) is 382 Å². The summed E-state index contributed by atoms with van der Waals surface area (Å²) in [5, 5.41) is 58.1. The Bertz CT molecular complexity index is 1220. The van der Waals surface area contributed by atoms with E-state index in [0.29, 0.717) is 51.7 Å². The predicted octanol–water partition coefficient (Wildman–Crippen LogP) is -6.73. The summed E-state index contributed by atoms with van der Waals surface area (Å²) in [5.41, 5.74) is 28.9. The number of guanidine groups is 1. The molecule has 0 saturated carbocycles. The van der Waals surface area contributed by atoms with Crippen LogP contribution in [0.4, 0.5) is 4.79 Å². The van der Waals surface area contributed by atoms with E-state index < -0.39 is 85.6 Å². The van der Waals surface area contributed by atoms with Crippen LogP contribution in [0.1, 0.15) is 57.8 Å². The minimum absolute atomic E-state index is 0.0196. The summed E-state index contributed by atoms with van der Waals surface area (Å²) in [4.78, 5) is 53.5. The Labute approximate surface area is 308 Å². The number of carbonyl (C=O) groups excluding carboxylic acids is 4. The SMILES string of the molecule is NCCC[C@H](N)CC(O)NCCC[C@H](N)CC(=O)NCCC[C@H](N)CC(=O)N[C@@H]1[C@H](O)[C@@H](OC(N)=O)[C@@H](CO)O[C@H]1NC1=N[C@@H]2C(=O)NC[C@@H](O)[C@H]2N1. The van der Waals surface area contributed by atoms with Gasteiger partial charge in [0.1, 0.15) is 24.5 Å². The van der Waals surface area contributed by atoms with Gasteiger partial charge in [-0.15, -0.1) is 0 Å². The zero-order chi connectivity index (χ0) is 39.1. The van der Waals surface area contributed by atoms with Crippen molar-refractivity contribution in [3.63, 3.8) is 0 Å². The van der Waals surface area contributed by atoms with Gasteiger partial charge in [-0.2, -0.15) is 0 Å². The molecule has 3 aliphatic rings. The van der Waals surface area contributed by atoms with Crippen LogP contribution in [0, 0.1) is 0 Å². The molecule has 0 aromatic rings. The van der Waals surface area contributed by atoms with Crippen LogP contribution in [0.3, 0.4) is 0 Å². The van der Waals surface area contributed by atoms with Gasteiger partial charge in [0.05, 0.1) is 18.8 Å². The molecule has 2 saturated heterocycles. The number of nitrogens with zero attached hydrogens (tertiary/aromatic N) is 1. The Morgan fingerprint density at radius 3 is 2.30 bits per heavy atom. The van der Waals surface area contributed by atoms with Crippen LogP contribution in [0.5, 0.6) is 0 Å². The molecule has 0 radical (unpaired) electrons. The van der Waals surface area contributed by atoms with Crippen LogP contribution in [-0.2, 0) is 23.9 Å². The van der Waals surface area contributed by atoms with Gasteiger partial charge in [0.15, 0.2) is 24.3 Å². The summed E-state index contributed by atoms with van der Waals surface area (Å²) in [7, 11) is 0. The number of fused-ring (bicyclic) bond motifs is 1. The molecule has 3 aliphatic heterocycles. The van der Waals surface area contributed by atoms with Crippen molar-refractivity contribution in [1.82, 2.24) is 31.9 Å². The monoisotopic (exact) mass is 760 g/mol. The highest BCUT2D eigenvalue weighted by atomic mass is 16.6. The Balaban J connectivity index is 1.42. The van der Waals surface area contributed by atoms with Crippen molar-refractivity contribution in [2.75, 3.05) is 32.8 Å². The number of hydrogen-bond acceptors (Lipinski definition) is 18. The van der Waals surface area contributed by atoms with E-state index in [1.807, 2.05) is 0 Å². The van der Waals surface area contributed by atoms with Crippen LogP contribution < -0.4 is 60.6 Å². The fraction of sp³-hybridized carbons (Fsp3) is 0.839. The molecule has 22 nitrogen and oxygen atoms in total. The first-order valence-corrected chi connectivity index (χ1v) is 18.1. The summed E-state index contributed by atoms with van der Waals surface area (Å²) < 4.78 is 10.8. The first-order chi connectivity index (χ1) is 25.2. The van der Waals surface area contributed by atoms with Crippen LogP contribution in [0.2, 0.25) is 0 Å². The standard InChI is InChI=1S/C31H60N12O10/c32-7-1-4-15(33)10-20(46)37-8-2-5-16(34)11-21(47)38-9-3-6-17(35)12-22(48)40-25-26(49)27(53-30(36)51)19(14-44)52-29(25)43-31-41-23-18(45)13-39-28(50)24(23)42-31/h15-20,23-27,29,37,44-46,49H,1-14,32-35H2,(H2,36,51)(H,38,47)(H,39,50)(H,40,48)(H2,41,42,43)/t15-,16-,17-,18+,19+,20?,23+,24-,25+,26-,27-,29+/m0/s1. The van der Waals surface area contributed by atoms with Crippen molar-refractivity contribution < 1.29 is 49.1 Å². The van der Waals surface area contributed by atoms with E-state index in [1.165, 1.54) is 0 Å². The van der Waals surface area contributed by atoms with Crippen LogP contribution in [0.25, 0.3) is 0 Å². The van der Waals surface area contributed by atoms with Crippen LogP contribution in [0.15, 0.2) is 4.99 Å². The second kappa shape index (κ2) is 22.1. The molecule has 53 heavy (non-hydrogen) atoms. The van der Waals surface area contributed by atoms with Gasteiger partial charge in [-0.25, -0.2) is 9.79 Å². The summed E-state index contributed by atoms with van der Waals surface area (Å²) in [5.74, 6) is -1.20. The molecule has 0 aliphatic carbocycles. The number of hydrogen-bond donors (Lipinski definition) is 15. The maximum atomic E-state index is 13.1. The predicted molar refractivity (Wildman–Crippen MR) is 190 cm³/mol. The Morgan fingerprint density at radius 2 is 1.66 bits per heavy atom. The lowest BCUT2D eigenvalue weighted by Crippen LogP contribution is -2.70. The zero-order valence-corrected chi connectivity index (χ0v) is 29.9. The van der Waals surface area contributed by atoms with Crippen molar-refractivity contribution in [3.8, 4) is 0 Å². The number of aliphatic hydroxyl groups is 4. The molecule has 3 heterocycles. The molecule has 0 bridgehead atoms. The van der Waals surface area contributed by atoms with Gasteiger partial charge in [-0.3, -0.25) is 19.7 Å². The van der Waals surface area contributed by atoms with Gasteiger partial charge in [0, 0.05) is 50.5 Å². The van der Waals surface area contributed by atoms with Gasteiger partial charge in [-0.05, 0) is 51.6 Å². The van der Waals surface area contributed by atoms with E-state index >= 15 is 0 Å². The molecule has 22 heteroatoms.